The molecule has 0 saturated heterocycles. The van der Waals surface area contributed by atoms with Gasteiger partial charge in [0.05, 0.1) is 6.07 Å². The molecule has 0 amide bonds. The summed E-state index contributed by atoms with van der Waals surface area (Å²) in [4.78, 5) is 2.69. The standard InChI is InChI=1S/C21H32N2/c1-4-19(13-12-18(3)16-22)23(20-8-6-5-7-9-20)21-14-10-17(2)11-15-21/h5-9,17-19,21H,4,10-15H2,1-3H3. The van der Waals surface area contributed by atoms with E-state index < -0.39 is 0 Å². The van der Waals surface area contributed by atoms with Crippen molar-refractivity contribution in [3.05, 3.63) is 30.3 Å². The minimum absolute atomic E-state index is 0.160. The molecule has 126 valence electrons. The van der Waals surface area contributed by atoms with Crippen LogP contribution in [0, 0.1) is 23.2 Å². The van der Waals surface area contributed by atoms with Crippen molar-refractivity contribution in [3.63, 3.8) is 0 Å². The van der Waals surface area contributed by atoms with Gasteiger partial charge in [-0.15, -0.1) is 0 Å². The van der Waals surface area contributed by atoms with Crippen LogP contribution in [0.15, 0.2) is 30.3 Å². The van der Waals surface area contributed by atoms with Crippen molar-refractivity contribution in [2.45, 2.75) is 77.8 Å². The van der Waals surface area contributed by atoms with Crippen LogP contribution in [0.25, 0.3) is 0 Å². The van der Waals surface area contributed by atoms with Crippen LogP contribution in [0.5, 0.6) is 0 Å². The smallest absolute Gasteiger partial charge is 0.0652 e. The van der Waals surface area contributed by atoms with Crippen molar-refractivity contribution in [1.82, 2.24) is 0 Å². The molecule has 0 heterocycles. The number of nitriles is 1. The van der Waals surface area contributed by atoms with Gasteiger partial charge in [0.25, 0.3) is 0 Å². The molecule has 2 heteroatoms. The number of anilines is 1. The zero-order chi connectivity index (χ0) is 16.7. The van der Waals surface area contributed by atoms with E-state index in [1.807, 2.05) is 6.92 Å². The lowest BCUT2D eigenvalue weighted by Crippen LogP contribution is -2.45. The monoisotopic (exact) mass is 312 g/mol. The molecule has 0 aromatic heterocycles. The third-order valence-corrected chi connectivity index (χ3v) is 5.45. The zero-order valence-corrected chi connectivity index (χ0v) is 15.0. The van der Waals surface area contributed by atoms with E-state index >= 15 is 0 Å². The molecule has 0 bridgehead atoms. The van der Waals surface area contributed by atoms with Crippen LogP contribution in [0.2, 0.25) is 0 Å². The maximum atomic E-state index is 9.09. The summed E-state index contributed by atoms with van der Waals surface area (Å²) in [6.07, 6.45) is 8.57. The molecule has 2 unspecified atom stereocenters. The molecule has 1 aromatic carbocycles. The number of nitrogens with zero attached hydrogens (tertiary/aromatic N) is 2. The number of hydrogen-bond acceptors (Lipinski definition) is 2. The molecule has 1 aromatic rings. The highest BCUT2D eigenvalue weighted by molar-refractivity contribution is 5.48. The number of para-hydroxylation sites is 1. The number of benzene rings is 1. The first-order valence-corrected chi connectivity index (χ1v) is 9.38. The highest BCUT2D eigenvalue weighted by atomic mass is 15.2. The van der Waals surface area contributed by atoms with Crippen molar-refractivity contribution in [1.29, 1.82) is 5.26 Å². The molecule has 0 aliphatic heterocycles. The van der Waals surface area contributed by atoms with Gasteiger partial charge in [-0.05, 0) is 69.9 Å². The van der Waals surface area contributed by atoms with Crippen LogP contribution in [-0.2, 0) is 0 Å². The summed E-state index contributed by atoms with van der Waals surface area (Å²) in [5.74, 6) is 1.04. The molecule has 1 fully saturated rings. The third kappa shape index (κ3) is 4.99. The Kier molecular flexibility index (Phi) is 6.96. The second kappa shape index (κ2) is 8.96. The second-order valence-corrected chi connectivity index (χ2v) is 7.33. The third-order valence-electron chi connectivity index (χ3n) is 5.45. The highest BCUT2D eigenvalue weighted by Gasteiger charge is 2.28. The molecule has 2 nitrogen and oxygen atoms in total. The summed E-state index contributed by atoms with van der Waals surface area (Å²) in [6.45, 7) is 6.72. The molecule has 0 spiro atoms. The van der Waals surface area contributed by atoms with E-state index in [0.717, 1.165) is 25.2 Å². The van der Waals surface area contributed by atoms with Gasteiger partial charge in [-0.25, -0.2) is 0 Å². The van der Waals surface area contributed by atoms with E-state index in [0.29, 0.717) is 12.1 Å². The molecule has 0 radical (unpaired) electrons. The minimum Gasteiger partial charge on any atom is -0.366 e. The Bertz CT molecular complexity index is 482. The van der Waals surface area contributed by atoms with E-state index in [4.69, 9.17) is 5.26 Å². The SMILES string of the molecule is CCC(CCC(C)C#N)N(c1ccccc1)C1CCC(C)CC1. The Hall–Kier alpha value is -1.49. The van der Waals surface area contributed by atoms with Gasteiger partial charge in [-0.3, -0.25) is 0 Å². The topological polar surface area (TPSA) is 27.0 Å². The van der Waals surface area contributed by atoms with Crippen LogP contribution in [0.4, 0.5) is 5.69 Å². The molecule has 1 aliphatic rings. The molecule has 0 N–H and O–H groups in total. The van der Waals surface area contributed by atoms with Crippen LogP contribution in [0.3, 0.4) is 0 Å². The van der Waals surface area contributed by atoms with Crippen LogP contribution in [0.1, 0.15) is 65.7 Å². The molecule has 2 rings (SSSR count). The molecule has 2 atom stereocenters. The van der Waals surface area contributed by atoms with Gasteiger partial charge in [0.1, 0.15) is 0 Å². The Morgan fingerprint density at radius 1 is 1.13 bits per heavy atom. The van der Waals surface area contributed by atoms with Crippen LogP contribution in [-0.4, -0.2) is 12.1 Å². The van der Waals surface area contributed by atoms with Gasteiger partial charge < -0.3 is 4.90 Å². The van der Waals surface area contributed by atoms with E-state index in [9.17, 15) is 0 Å². The predicted octanol–water partition coefficient (Wildman–Crippen LogP) is 5.79. The Balaban J connectivity index is 2.16. The first-order chi connectivity index (χ1) is 11.2. The molecule has 23 heavy (non-hydrogen) atoms. The number of rotatable bonds is 7. The average molecular weight is 313 g/mol. The summed E-state index contributed by atoms with van der Waals surface area (Å²) < 4.78 is 0. The van der Waals surface area contributed by atoms with Crippen molar-refractivity contribution in [3.8, 4) is 6.07 Å². The first kappa shape index (κ1) is 17.9. The summed E-state index contributed by atoms with van der Waals surface area (Å²) in [5.41, 5.74) is 1.36. The Morgan fingerprint density at radius 3 is 2.35 bits per heavy atom. The van der Waals surface area contributed by atoms with Crippen LogP contribution < -0.4 is 4.90 Å². The highest BCUT2D eigenvalue weighted by Crippen LogP contribution is 2.33. The second-order valence-electron chi connectivity index (χ2n) is 7.33. The van der Waals surface area contributed by atoms with Crippen molar-refractivity contribution in [2.75, 3.05) is 4.90 Å². The van der Waals surface area contributed by atoms with Crippen molar-refractivity contribution < 1.29 is 0 Å². The van der Waals surface area contributed by atoms with Gasteiger partial charge in [0, 0.05) is 23.7 Å². The quantitative estimate of drug-likeness (QED) is 0.637. The summed E-state index contributed by atoms with van der Waals surface area (Å²) in [5, 5.41) is 9.09. The minimum atomic E-state index is 0.160. The van der Waals surface area contributed by atoms with Gasteiger partial charge in [-0.2, -0.15) is 5.26 Å². The van der Waals surface area contributed by atoms with E-state index in [2.05, 4.69) is 55.1 Å². The zero-order valence-electron chi connectivity index (χ0n) is 15.0. The summed E-state index contributed by atoms with van der Waals surface area (Å²) >= 11 is 0. The van der Waals surface area contributed by atoms with Crippen LogP contribution >= 0.6 is 0 Å². The van der Waals surface area contributed by atoms with Crippen molar-refractivity contribution >= 4 is 5.69 Å². The lowest BCUT2D eigenvalue weighted by Gasteiger charge is -2.43. The lowest BCUT2D eigenvalue weighted by molar-refractivity contribution is 0.311. The maximum Gasteiger partial charge on any atom is 0.0652 e. The van der Waals surface area contributed by atoms with E-state index in [-0.39, 0.29) is 5.92 Å². The first-order valence-electron chi connectivity index (χ1n) is 9.38. The van der Waals surface area contributed by atoms with Gasteiger partial charge in [0.15, 0.2) is 0 Å². The van der Waals surface area contributed by atoms with E-state index in [1.54, 1.807) is 0 Å². The van der Waals surface area contributed by atoms with Gasteiger partial charge >= 0.3 is 0 Å². The lowest BCUT2D eigenvalue weighted by atomic mass is 9.85. The van der Waals surface area contributed by atoms with Gasteiger partial charge in [-0.1, -0.05) is 32.0 Å². The Labute approximate surface area is 142 Å². The molecular weight excluding hydrogens is 280 g/mol. The fourth-order valence-electron chi connectivity index (χ4n) is 3.89. The maximum absolute atomic E-state index is 9.09. The Morgan fingerprint density at radius 2 is 1.78 bits per heavy atom. The molecule has 1 aliphatic carbocycles. The normalized spacial score (nSPS) is 23.7. The van der Waals surface area contributed by atoms with E-state index in [1.165, 1.54) is 31.4 Å². The fourth-order valence-corrected chi connectivity index (χ4v) is 3.89. The predicted molar refractivity (Wildman–Crippen MR) is 98.4 cm³/mol. The fraction of sp³-hybridized carbons (Fsp3) is 0.667. The van der Waals surface area contributed by atoms with Crippen molar-refractivity contribution in [2.24, 2.45) is 11.8 Å². The summed E-state index contributed by atoms with van der Waals surface area (Å²) in [6, 6.07) is 14.5. The summed E-state index contributed by atoms with van der Waals surface area (Å²) in [7, 11) is 0. The van der Waals surface area contributed by atoms with Gasteiger partial charge in [0.2, 0.25) is 0 Å². The molecular formula is C21H32N2. The number of hydrogen-bond donors (Lipinski definition) is 0. The largest absolute Gasteiger partial charge is 0.366 e. The molecule has 1 saturated carbocycles. The average Bonchev–Trinajstić information content (AvgIpc) is 2.60.